The molecule has 0 bridgehead atoms. The molecule has 0 spiro atoms. The Morgan fingerprint density at radius 1 is 0.818 bits per heavy atom. The maximum Gasteiger partial charge on any atom is 0.332 e. The Labute approximate surface area is 137 Å². The number of carbonyl (C=O) groups is 1. The molecule has 0 aliphatic heterocycles. The lowest BCUT2D eigenvalue weighted by Gasteiger charge is -2.19. The number of unbranched alkanes of at least 4 members (excludes halogenated alkanes) is 9. The molecular formula is C18H37NO3. The molecule has 132 valence electrons. The molecule has 0 aliphatic carbocycles. The van der Waals surface area contributed by atoms with Crippen LogP contribution < -0.4 is 5.73 Å². The van der Waals surface area contributed by atoms with Crippen molar-refractivity contribution in [3.63, 3.8) is 0 Å². The maximum absolute atomic E-state index is 11.4. The van der Waals surface area contributed by atoms with E-state index < -0.39 is 5.60 Å². The van der Waals surface area contributed by atoms with E-state index in [1.807, 2.05) is 20.8 Å². The number of carbonyl (C=O) groups excluding carboxylic acids is 1. The summed E-state index contributed by atoms with van der Waals surface area (Å²) in [5.41, 5.74) is 5.04. The van der Waals surface area contributed by atoms with Crippen molar-refractivity contribution in [2.75, 3.05) is 19.8 Å². The third-order valence-corrected chi connectivity index (χ3v) is 3.38. The molecule has 0 aliphatic rings. The van der Waals surface area contributed by atoms with Gasteiger partial charge in [-0.05, 0) is 40.2 Å². The predicted octanol–water partition coefficient (Wildman–Crippen LogP) is 4.20. The normalized spacial score (nSPS) is 11.6. The second-order valence-electron chi connectivity index (χ2n) is 6.96. The van der Waals surface area contributed by atoms with Crippen molar-refractivity contribution < 1.29 is 14.3 Å². The SMILES string of the molecule is CC(C)(C)OC(=O)COCCCCCCCCCCCCN. The molecule has 0 heterocycles. The molecule has 22 heavy (non-hydrogen) atoms. The number of hydrogen-bond donors (Lipinski definition) is 1. The van der Waals surface area contributed by atoms with Gasteiger partial charge in [-0.2, -0.15) is 0 Å². The average Bonchev–Trinajstić information content (AvgIpc) is 2.42. The van der Waals surface area contributed by atoms with Crippen molar-refractivity contribution in [1.82, 2.24) is 0 Å². The molecule has 4 heteroatoms. The predicted molar refractivity (Wildman–Crippen MR) is 91.9 cm³/mol. The lowest BCUT2D eigenvalue weighted by atomic mass is 10.1. The molecule has 0 amide bonds. The van der Waals surface area contributed by atoms with Gasteiger partial charge in [0.25, 0.3) is 0 Å². The Bertz CT molecular complexity index is 262. The molecule has 0 radical (unpaired) electrons. The van der Waals surface area contributed by atoms with Crippen molar-refractivity contribution in [3.8, 4) is 0 Å². The third-order valence-electron chi connectivity index (χ3n) is 3.38. The Hall–Kier alpha value is -0.610. The fraction of sp³-hybridized carbons (Fsp3) is 0.944. The van der Waals surface area contributed by atoms with Crippen molar-refractivity contribution >= 4 is 5.97 Å². The molecule has 2 N–H and O–H groups in total. The van der Waals surface area contributed by atoms with Crippen molar-refractivity contribution in [2.45, 2.75) is 90.6 Å². The minimum Gasteiger partial charge on any atom is -0.458 e. The fourth-order valence-corrected chi connectivity index (χ4v) is 2.29. The zero-order valence-corrected chi connectivity index (χ0v) is 15.0. The van der Waals surface area contributed by atoms with E-state index >= 15 is 0 Å². The van der Waals surface area contributed by atoms with Gasteiger partial charge in [-0.1, -0.05) is 51.4 Å². The highest BCUT2D eigenvalue weighted by atomic mass is 16.6. The quantitative estimate of drug-likeness (QED) is 0.385. The smallest absolute Gasteiger partial charge is 0.332 e. The molecule has 0 saturated carbocycles. The first kappa shape index (κ1) is 21.4. The van der Waals surface area contributed by atoms with E-state index in [0.29, 0.717) is 6.61 Å². The molecule has 0 rings (SSSR count). The van der Waals surface area contributed by atoms with E-state index in [-0.39, 0.29) is 12.6 Å². The molecule has 0 fully saturated rings. The van der Waals surface area contributed by atoms with Gasteiger partial charge in [0.2, 0.25) is 0 Å². The summed E-state index contributed by atoms with van der Waals surface area (Å²) in [5, 5.41) is 0. The summed E-state index contributed by atoms with van der Waals surface area (Å²) >= 11 is 0. The van der Waals surface area contributed by atoms with Crippen LogP contribution in [0.3, 0.4) is 0 Å². The van der Waals surface area contributed by atoms with E-state index in [1.165, 1.54) is 57.8 Å². The van der Waals surface area contributed by atoms with E-state index in [2.05, 4.69) is 0 Å². The lowest BCUT2D eigenvalue weighted by Crippen LogP contribution is -2.26. The molecular weight excluding hydrogens is 278 g/mol. The highest BCUT2D eigenvalue weighted by Gasteiger charge is 2.15. The minimum absolute atomic E-state index is 0.0695. The topological polar surface area (TPSA) is 61.5 Å². The summed E-state index contributed by atoms with van der Waals surface area (Å²) in [4.78, 5) is 11.4. The largest absolute Gasteiger partial charge is 0.458 e. The van der Waals surface area contributed by atoms with Gasteiger partial charge in [0.15, 0.2) is 0 Å². The second kappa shape index (κ2) is 14.0. The zero-order chi connectivity index (χ0) is 16.7. The Morgan fingerprint density at radius 3 is 1.73 bits per heavy atom. The second-order valence-corrected chi connectivity index (χ2v) is 6.96. The van der Waals surface area contributed by atoms with Gasteiger partial charge in [0.05, 0.1) is 0 Å². The van der Waals surface area contributed by atoms with Crippen LogP contribution in [0.2, 0.25) is 0 Å². The first-order valence-corrected chi connectivity index (χ1v) is 8.95. The summed E-state index contributed by atoms with van der Waals surface area (Å²) in [6.45, 7) is 7.14. The number of esters is 1. The van der Waals surface area contributed by atoms with Crippen LogP contribution in [0.15, 0.2) is 0 Å². The van der Waals surface area contributed by atoms with Crippen molar-refractivity contribution in [3.05, 3.63) is 0 Å². The van der Waals surface area contributed by atoms with Crippen molar-refractivity contribution in [2.24, 2.45) is 5.73 Å². The van der Waals surface area contributed by atoms with Crippen LogP contribution in [-0.4, -0.2) is 31.3 Å². The van der Waals surface area contributed by atoms with Gasteiger partial charge in [0.1, 0.15) is 12.2 Å². The summed E-state index contributed by atoms with van der Waals surface area (Å²) in [5.74, 6) is -0.276. The van der Waals surface area contributed by atoms with Crippen LogP contribution >= 0.6 is 0 Å². The summed E-state index contributed by atoms with van der Waals surface area (Å²) in [6, 6.07) is 0. The van der Waals surface area contributed by atoms with Crippen LogP contribution in [0.5, 0.6) is 0 Å². The highest BCUT2D eigenvalue weighted by molar-refractivity contribution is 5.71. The lowest BCUT2D eigenvalue weighted by molar-refractivity contribution is -0.160. The number of nitrogens with two attached hydrogens (primary N) is 1. The zero-order valence-electron chi connectivity index (χ0n) is 15.0. The Balaban J connectivity index is 3.16. The van der Waals surface area contributed by atoms with Crippen LogP contribution in [0, 0.1) is 0 Å². The highest BCUT2D eigenvalue weighted by Crippen LogP contribution is 2.10. The molecule has 0 aromatic rings. The van der Waals surface area contributed by atoms with E-state index in [9.17, 15) is 4.79 Å². The average molecular weight is 315 g/mol. The molecule has 0 aromatic carbocycles. The Kier molecular flexibility index (Phi) is 13.6. The minimum atomic E-state index is -0.426. The van der Waals surface area contributed by atoms with Gasteiger partial charge in [-0.3, -0.25) is 0 Å². The molecule has 0 saturated heterocycles. The van der Waals surface area contributed by atoms with Gasteiger partial charge in [-0.25, -0.2) is 4.79 Å². The van der Waals surface area contributed by atoms with Gasteiger partial charge in [0, 0.05) is 6.61 Å². The summed E-state index contributed by atoms with van der Waals surface area (Å²) in [6.07, 6.45) is 12.6. The first-order valence-electron chi connectivity index (χ1n) is 8.95. The van der Waals surface area contributed by atoms with Gasteiger partial charge >= 0.3 is 5.97 Å². The fourth-order valence-electron chi connectivity index (χ4n) is 2.29. The number of rotatable bonds is 14. The maximum atomic E-state index is 11.4. The molecule has 0 atom stereocenters. The Morgan fingerprint density at radius 2 is 1.27 bits per heavy atom. The van der Waals surface area contributed by atoms with Crippen LogP contribution in [0.4, 0.5) is 0 Å². The summed E-state index contributed by atoms with van der Waals surface area (Å²) < 4.78 is 10.5. The molecule has 4 nitrogen and oxygen atoms in total. The number of hydrogen-bond acceptors (Lipinski definition) is 4. The monoisotopic (exact) mass is 315 g/mol. The van der Waals surface area contributed by atoms with Crippen LogP contribution in [0.25, 0.3) is 0 Å². The molecule has 0 aromatic heterocycles. The van der Waals surface area contributed by atoms with E-state index in [4.69, 9.17) is 15.2 Å². The summed E-state index contributed by atoms with van der Waals surface area (Å²) in [7, 11) is 0. The standard InChI is InChI=1S/C18H37NO3/c1-18(2,3)22-17(20)16-21-15-13-11-9-7-5-4-6-8-10-12-14-19/h4-16,19H2,1-3H3. The van der Waals surface area contributed by atoms with E-state index in [1.54, 1.807) is 0 Å². The third kappa shape index (κ3) is 17.4. The van der Waals surface area contributed by atoms with E-state index in [0.717, 1.165) is 13.0 Å². The number of ether oxygens (including phenoxy) is 2. The van der Waals surface area contributed by atoms with Crippen LogP contribution in [0.1, 0.15) is 85.0 Å². The van der Waals surface area contributed by atoms with Crippen molar-refractivity contribution in [1.29, 1.82) is 0 Å². The first-order chi connectivity index (χ1) is 10.5. The molecule has 0 unspecified atom stereocenters. The van der Waals surface area contributed by atoms with Gasteiger partial charge in [-0.15, -0.1) is 0 Å². The van der Waals surface area contributed by atoms with Crippen LogP contribution in [-0.2, 0) is 14.3 Å². The van der Waals surface area contributed by atoms with Gasteiger partial charge < -0.3 is 15.2 Å².